The molecule has 8 heteroatoms. The predicted octanol–water partition coefficient (Wildman–Crippen LogP) is 2.34. The van der Waals surface area contributed by atoms with Gasteiger partial charge >= 0.3 is 5.97 Å². The zero-order valence-electron chi connectivity index (χ0n) is 16.4. The van der Waals surface area contributed by atoms with Crippen molar-refractivity contribution in [1.82, 2.24) is 24.8 Å². The lowest BCUT2D eigenvalue weighted by Gasteiger charge is -2.19. The first-order chi connectivity index (χ1) is 14.0. The van der Waals surface area contributed by atoms with E-state index in [1.54, 1.807) is 23.3 Å². The van der Waals surface area contributed by atoms with Crippen molar-refractivity contribution in [2.75, 3.05) is 6.61 Å². The zero-order chi connectivity index (χ0) is 20.6. The number of esters is 1. The second kappa shape index (κ2) is 9.59. The zero-order valence-corrected chi connectivity index (χ0v) is 16.4. The molecule has 3 aromatic rings. The van der Waals surface area contributed by atoms with Crippen LogP contribution >= 0.6 is 0 Å². The molecule has 1 amide bonds. The molecule has 0 aliphatic carbocycles. The van der Waals surface area contributed by atoms with Crippen LogP contribution in [0.2, 0.25) is 0 Å². The molecule has 0 aliphatic rings. The molecule has 0 saturated carbocycles. The number of aromatic nitrogens is 4. The Bertz CT molecular complexity index is 925. The first-order valence-corrected chi connectivity index (χ1v) is 9.33. The fraction of sp³-hybridized carbons (Fsp3) is 0.286. The number of imidazole rings is 1. The summed E-state index contributed by atoms with van der Waals surface area (Å²) in [6.07, 6.45) is 7.78. The number of ether oxygens (including phenoxy) is 1. The van der Waals surface area contributed by atoms with Gasteiger partial charge in [-0.2, -0.15) is 0 Å². The fourth-order valence-electron chi connectivity index (χ4n) is 2.56. The molecule has 29 heavy (non-hydrogen) atoms. The molecule has 0 unspecified atom stereocenters. The molecule has 2 aromatic heterocycles. The van der Waals surface area contributed by atoms with Gasteiger partial charge in [-0.05, 0) is 5.92 Å². The normalized spacial score (nSPS) is 11.8. The number of nitrogens with zero attached hydrogens (tertiary/aromatic N) is 4. The van der Waals surface area contributed by atoms with E-state index in [1.165, 1.54) is 12.4 Å². The summed E-state index contributed by atoms with van der Waals surface area (Å²) in [6.45, 7) is 4.39. The average molecular weight is 393 g/mol. The number of hydrogen-bond acceptors (Lipinski definition) is 6. The average Bonchev–Trinajstić information content (AvgIpc) is 3.25. The first-order valence-electron chi connectivity index (χ1n) is 9.33. The summed E-state index contributed by atoms with van der Waals surface area (Å²) in [7, 11) is 0. The molecule has 0 spiro atoms. The third kappa shape index (κ3) is 5.71. The van der Waals surface area contributed by atoms with Crippen LogP contribution in [0.4, 0.5) is 0 Å². The Kier molecular flexibility index (Phi) is 6.67. The van der Waals surface area contributed by atoms with Gasteiger partial charge < -0.3 is 14.6 Å². The minimum absolute atomic E-state index is 0.197. The number of nitrogens with one attached hydrogen (secondary N) is 1. The number of carbonyl (C=O) groups excluding carboxylic acids is 2. The summed E-state index contributed by atoms with van der Waals surface area (Å²) >= 11 is 0. The number of carbonyl (C=O) groups is 2. The van der Waals surface area contributed by atoms with Crippen LogP contribution in [0, 0.1) is 5.92 Å². The smallest absolute Gasteiger partial charge is 0.330 e. The van der Waals surface area contributed by atoms with E-state index in [9.17, 15) is 9.59 Å². The molecular formula is C21H23N5O3. The van der Waals surface area contributed by atoms with E-state index in [0.717, 1.165) is 5.56 Å². The maximum atomic E-state index is 12.7. The van der Waals surface area contributed by atoms with Gasteiger partial charge in [0.2, 0.25) is 0 Å². The Morgan fingerprint density at radius 2 is 1.86 bits per heavy atom. The van der Waals surface area contributed by atoms with E-state index >= 15 is 0 Å². The Morgan fingerprint density at radius 1 is 1.14 bits per heavy atom. The summed E-state index contributed by atoms with van der Waals surface area (Å²) in [5, 5.41) is 2.71. The van der Waals surface area contributed by atoms with Crippen molar-refractivity contribution in [2.45, 2.75) is 26.4 Å². The van der Waals surface area contributed by atoms with Crippen molar-refractivity contribution in [3.8, 4) is 11.4 Å². The van der Waals surface area contributed by atoms with Gasteiger partial charge in [0, 0.05) is 30.4 Å². The predicted molar refractivity (Wildman–Crippen MR) is 107 cm³/mol. The van der Waals surface area contributed by atoms with E-state index in [2.05, 4.69) is 20.3 Å². The van der Waals surface area contributed by atoms with E-state index in [-0.39, 0.29) is 24.6 Å². The summed E-state index contributed by atoms with van der Waals surface area (Å²) in [6, 6.07) is 8.61. The van der Waals surface area contributed by atoms with Gasteiger partial charge in [0.15, 0.2) is 5.82 Å². The number of amides is 1. The minimum Gasteiger partial charge on any atom is -0.464 e. The molecule has 0 bridgehead atoms. The van der Waals surface area contributed by atoms with Gasteiger partial charge in [-0.15, -0.1) is 0 Å². The molecule has 1 N–H and O–H groups in total. The highest BCUT2D eigenvalue weighted by molar-refractivity contribution is 5.96. The van der Waals surface area contributed by atoms with Crippen molar-refractivity contribution in [1.29, 1.82) is 0 Å². The number of hydrogen-bond donors (Lipinski definition) is 1. The molecule has 2 heterocycles. The van der Waals surface area contributed by atoms with Crippen LogP contribution in [0.5, 0.6) is 0 Å². The highest BCUT2D eigenvalue weighted by atomic mass is 16.5. The van der Waals surface area contributed by atoms with Crippen LogP contribution in [-0.2, 0) is 16.1 Å². The van der Waals surface area contributed by atoms with Crippen molar-refractivity contribution in [3.63, 3.8) is 0 Å². The highest BCUT2D eigenvalue weighted by Gasteiger charge is 2.24. The van der Waals surface area contributed by atoms with Crippen LogP contribution in [0.1, 0.15) is 24.2 Å². The molecule has 150 valence electrons. The largest absolute Gasteiger partial charge is 0.464 e. The Morgan fingerprint density at radius 3 is 2.48 bits per heavy atom. The molecule has 1 atom stereocenters. The highest BCUT2D eigenvalue weighted by Crippen LogP contribution is 2.13. The molecule has 0 aliphatic heterocycles. The van der Waals surface area contributed by atoms with Crippen molar-refractivity contribution in [2.24, 2.45) is 5.92 Å². The minimum atomic E-state index is -0.857. The molecule has 0 radical (unpaired) electrons. The number of benzene rings is 1. The molecule has 0 saturated heterocycles. The first kappa shape index (κ1) is 20.2. The van der Waals surface area contributed by atoms with Gasteiger partial charge in [0.05, 0.1) is 25.0 Å². The Labute approximate surface area is 169 Å². The Balaban J connectivity index is 1.70. The number of rotatable bonds is 8. The van der Waals surface area contributed by atoms with E-state index in [1.807, 2.05) is 44.2 Å². The van der Waals surface area contributed by atoms with Crippen molar-refractivity contribution >= 4 is 11.9 Å². The summed E-state index contributed by atoms with van der Waals surface area (Å²) in [5.74, 6) is -0.227. The SMILES string of the molecule is CC(C)COC(=O)[C@H](Cn1ccnc1)NC(=O)c1cnc(-c2ccccc2)nc1. The van der Waals surface area contributed by atoms with E-state index in [4.69, 9.17) is 4.74 Å². The van der Waals surface area contributed by atoms with Gasteiger partial charge in [0.25, 0.3) is 5.91 Å². The third-order valence-corrected chi connectivity index (χ3v) is 4.05. The third-order valence-electron chi connectivity index (χ3n) is 4.05. The van der Waals surface area contributed by atoms with Crippen molar-refractivity contribution < 1.29 is 14.3 Å². The van der Waals surface area contributed by atoms with Crippen LogP contribution in [0.15, 0.2) is 61.4 Å². The molecule has 1 aromatic carbocycles. The van der Waals surface area contributed by atoms with Gasteiger partial charge in [-0.25, -0.2) is 19.7 Å². The molecule has 0 fully saturated rings. The van der Waals surface area contributed by atoms with Gasteiger partial charge in [-0.3, -0.25) is 4.79 Å². The molecular weight excluding hydrogens is 370 g/mol. The van der Waals surface area contributed by atoms with E-state index < -0.39 is 17.9 Å². The van der Waals surface area contributed by atoms with Crippen LogP contribution < -0.4 is 5.32 Å². The fourth-order valence-corrected chi connectivity index (χ4v) is 2.56. The lowest BCUT2D eigenvalue weighted by atomic mass is 10.2. The topological polar surface area (TPSA) is 99.0 Å². The summed E-state index contributed by atoms with van der Waals surface area (Å²) in [5.41, 5.74) is 1.12. The second-order valence-electron chi connectivity index (χ2n) is 6.97. The van der Waals surface area contributed by atoms with Crippen LogP contribution in [-0.4, -0.2) is 44.0 Å². The van der Waals surface area contributed by atoms with Crippen LogP contribution in [0.3, 0.4) is 0 Å². The lowest BCUT2D eigenvalue weighted by Crippen LogP contribution is -2.44. The lowest BCUT2D eigenvalue weighted by molar-refractivity contribution is -0.147. The van der Waals surface area contributed by atoms with Crippen LogP contribution in [0.25, 0.3) is 11.4 Å². The Hall–Kier alpha value is -3.55. The second-order valence-corrected chi connectivity index (χ2v) is 6.97. The standard InChI is InChI=1S/C21H23N5O3/c1-15(2)13-29-21(28)18(12-26-9-8-22-14-26)25-20(27)17-10-23-19(24-11-17)16-6-4-3-5-7-16/h3-11,14-15,18H,12-13H2,1-2H3,(H,25,27)/t18-/m0/s1. The maximum Gasteiger partial charge on any atom is 0.330 e. The monoisotopic (exact) mass is 393 g/mol. The molecule has 3 rings (SSSR count). The molecule has 8 nitrogen and oxygen atoms in total. The summed E-state index contributed by atoms with van der Waals surface area (Å²) in [4.78, 5) is 37.6. The summed E-state index contributed by atoms with van der Waals surface area (Å²) < 4.78 is 7.01. The maximum absolute atomic E-state index is 12.7. The van der Waals surface area contributed by atoms with Gasteiger partial charge in [-0.1, -0.05) is 44.2 Å². The quantitative estimate of drug-likeness (QED) is 0.590. The van der Waals surface area contributed by atoms with Gasteiger partial charge in [0.1, 0.15) is 6.04 Å². The van der Waals surface area contributed by atoms with E-state index in [0.29, 0.717) is 5.82 Å². The van der Waals surface area contributed by atoms with Crippen molar-refractivity contribution in [3.05, 3.63) is 67.0 Å².